The molecule has 0 fully saturated rings. The van der Waals surface area contributed by atoms with Crippen LogP contribution >= 0.6 is 0 Å². The molecule has 82 valence electrons. The number of carboxylic acid groups (broad SMARTS) is 1. The summed E-state index contributed by atoms with van der Waals surface area (Å²) in [5.41, 5.74) is 0. The van der Waals surface area contributed by atoms with Gasteiger partial charge in [-0.2, -0.15) is 0 Å². The molecule has 0 radical (unpaired) electrons. The van der Waals surface area contributed by atoms with Crippen LogP contribution in [0.5, 0.6) is 0 Å². The van der Waals surface area contributed by atoms with E-state index in [0.29, 0.717) is 6.42 Å². The molecule has 14 heavy (non-hydrogen) atoms. The van der Waals surface area contributed by atoms with E-state index in [2.05, 4.69) is 6.92 Å². The molecular weight excluding hydrogens is 180 g/mol. The zero-order valence-electron chi connectivity index (χ0n) is 8.83. The van der Waals surface area contributed by atoms with Crippen molar-refractivity contribution in [2.24, 2.45) is 0 Å². The van der Waals surface area contributed by atoms with Gasteiger partial charge in [0.1, 0.15) is 0 Å². The number of hydrogen-bond donors (Lipinski definition) is 2. The van der Waals surface area contributed by atoms with Gasteiger partial charge in [-0.3, -0.25) is 0 Å². The zero-order valence-corrected chi connectivity index (χ0v) is 8.83. The van der Waals surface area contributed by atoms with Crippen LogP contribution in [0.4, 0.5) is 0 Å². The van der Waals surface area contributed by atoms with Crippen molar-refractivity contribution in [2.45, 2.75) is 51.9 Å². The monoisotopic (exact) mass is 200 g/mol. The van der Waals surface area contributed by atoms with Crippen LogP contribution in [0.15, 0.2) is 11.8 Å². The van der Waals surface area contributed by atoms with E-state index in [1.807, 2.05) is 0 Å². The fraction of sp³-hybridized carbons (Fsp3) is 0.727. The van der Waals surface area contributed by atoms with Crippen molar-refractivity contribution in [3.05, 3.63) is 11.8 Å². The van der Waals surface area contributed by atoms with Crippen LogP contribution in [-0.4, -0.2) is 16.2 Å². The van der Waals surface area contributed by atoms with Crippen LogP contribution in [0.25, 0.3) is 0 Å². The summed E-state index contributed by atoms with van der Waals surface area (Å²) in [5.74, 6) is -1.77. The topological polar surface area (TPSA) is 57.5 Å². The van der Waals surface area contributed by atoms with E-state index in [9.17, 15) is 4.79 Å². The van der Waals surface area contributed by atoms with E-state index in [-0.39, 0.29) is 0 Å². The van der Waals surface area contributed by atoms with Crippen LogP contribution in [0.3, 0.4) is 0 Å². The van der Waals surface area contributed by atoms with Crippen molar-refractivity contribution in [1.82, 2.24) is 0 Å². The minimum Gasteiger partial charge on any atom is -0.502 e. The van der Waals surface area contributed by atoms with Crippen molar-refractivity contribution in [3.8, 4) is 0 Å². The Kier molecular flexibility index (Phi) is 7.99. The van der Waals surface area contributed by atoms with Gasteiger partial charge in [-0.15, -0.1) is 0 Å². The van der Waals surface area contributed by atoms with Crippen molar-refractivity contribution < 1.29 is 15.0 Å². The summed E-state index contributed by atoms with van der Waals surface area (Å²) in [4.78, 5) is 10.2. The predicted molar refractivity (Wildman–Crippen MR) is 56.3 cm³/mol. The first-order chi connectivity index (χ1) is 6.68. The number of aliphatic hydroxyl groups is 1. The lowest BCUT2D eigenvalue weighted by Crippen LogP contribution is -1.98. The summed E-state index contributed by atoms with van der Waals surface area (Å²) < 4.78 is 0. The van der Waals surface area contributed by atoms with Gasteiger partial charge < -0.3 is 10.2 Å². The van der Waals surface area contributed by atoms with Gasteiger partial charge in [-0.05, 0) is 18.9 Å². The molecule has 0 heterocycles. The second-order valence-corrected chi connectivity index (χ2v) is 3.45. The predicted octanol–water partition coefficient (Wildman–Crippen LogP) is 3.26. The Bertz CT molecular complexity index is 185. The van der Waals surface area contributed by atoms with E-state index in [1.54, 1.807) is 0 Å². The van der Waals surface area contributed by atoms with Gasteiger partial charge in [0.15, 0.2) is 5.76 Å². The first kappa shape index (κ1) is 13.0. The Hall–Kier alpha value is -0.990. The van der Waals surface area contributed by atoms with E-state index in [0.717, 1.165) is 12.8 Å². The Morgan fingerprint density at radius 2 is 1.64 bits per heavy atom. The first-order valence-electron chi connectivity index (χ1n) is 5.31. The highest BCUT2D eigenvalue weighted by Crippen LogP contribution is 2.07. The van der Waals surface area contributed by atoms with Gasteiger partial charge in [0.05, 0.1) is 0 Å². The SMILES string of the molecule is CCCCCCCC/C=C(\O)C(=O)O. The zero-order chi connectivity index (χ0) is 10.8. The molecule has 0 aromatic rings. The highest BCUT2D eigenvalue weighted by atomic mass is 16.4. The third kappa shape index (κ3) is 7.65. The van der Waals surface area contributed by atoms with Crippen LogP contribution in [0.1, 0.15) is 51.9 Å². The number of rotatable bonds is 8. The maximum atomic E-state index is 10.2. The van der Waals surface area contributed by atoms with Gasteiger partial charge in [0.2, 0.25) is 0 Å². The number of carbonyl (C=O) groups is 1. The second kappa shape index (κ2) is 8.60. The smallest absolute Gasteiger partial charge is 0.370 e. The van der Waals surface area contributed by atoms with Gasteiger partial charge in [-0.25, -0.2) is 4.79 Å². The summed E-state index contributed by atoms with van der Waals surface area (Å²) in [6.45, 7) is 2.17. The Morgan fingerprint density at radius 1 is 1.07 bits per heavy atom. The summed E-state index contributed by atoms with van der Waals surface area (Å²) in [5, 5.41) is 17.2. The number of carboxylic acids is 1. The lowest BCUT2D eigenvalue weighted by molar-refractivity contribution is -0.135. The van der Waals surface area contributed by atoms with Gasteiger partial charge in [0, 0.05) is 0 Å². The fourth-order valence-electron chi connectivity index (χ4n) is 1.25. The fourth-order valence-corrected chi connectivity index (χ4v) is 1.25. The number of hydrogen-bond acceptors (Lipinski definition) is 2. The largest absolute Gasteiger partial charge is 0.502 e. The molecule has 0 aliphatic carbocycles. The Morgan fingerprint density at radius 3 is 2.21 bits per heavy atom. The van der Waals surface area contributed by atoms with Crippen LogP contribution < -0.4 is 0 Å². The lowest BCUT2D eigenvalue weighted by atomic mass is 10.1. The molecular formula is C11H20O3. The molecule has 3 nitrogen and oxygen atoms in total. The van der Waals surface area contributed by atoms with Gasteiger partial charge in [0.25, 0.3) is 0 Å². The Balaban J connectivity index is 3.29. The second-order valence-electron chi connectivity index (χ2n) is 3.45. The van der Waals surface area contributed by atoms with Gasteiger partial charge in [-0.1, -0.05) is 39.0 Å². The standard InChI is InChI=1S/C11H20O3/c1-2-3-4-5-6-7-8-9-10(12)11(13)14/h9,12H,2-8H2,1H3,(H,13,14)/b10-9-. The van der Waals surface area contributed by atoms with Crippen molar-refractivity contribution in [1.29, 1.82) is 0 Å². The van der Waals surface area contributed by atoms with Crippen molar-refractivity contribution in [3.63, 3.8) is 0 Å². The molecule has 2 N–H and O–H groups in total. The van der Waals surface area contributed by atoms with E-state index in [4.69, 9.17) is 10.2 Å². The molecule has 0 spiro atoms. The normalized spacial score (nSPS) is 11.6. The highest BCUT2D eigenvalue weighted by Gasteiger charge is 2.01. The maximum absolute atomic E-state index is 10.2. The van der Waals surface area contributed by atoms with Crippen LogP contribution in [0.2, 0.25) is 0 Å². The molecule has 0 saturated heterocycles. The van der Waals surface area contributed by atoms with E-state index < -0.39 is 11.7 Å². The third-order valence-corrected chi connectivity index (χ3v) is 2.11. The van der Waals surface area contributed by atoms with Gasteiger partial charge >= 0.3 is 5.97 Å². The molecule has 0 unspecified atom stereocenters. The molecule has 0 rings (SSSR count). The third-order valence-electron chi connectivity index (χ3n) is 2.11. The average Bonchev–Trinajstić information content (AvgIpc) is 2.16. The molecule has 0 aromatic carbocycles. The molecule has 0 aliphatic rings. The minimum atomic E-state index is -1.24. The number of unbranched alkanes of at least 4 members (excludes halogenated alkanes) is 6. The van der Waals surface area contributed by atoms with E-state index in [1.165, 1.54) is 31.8 Å². The first-order valence-corrected chi connectivity index (χ1v) is 5.31. The molecule has 0 atom stereocenters. The molecule has 0 bridgehead atoms. The van der Waals surface area contributed by atoms with Crippen molar-refractivity contribution in [2.75, 3.05) is 0 Å². The number of aliphatic hydroxyl groups excluding tert-OH is 1. The minimum absolute atomic E-state index is 0.529. The molecule has 0 amide bonds. The van der Waals surface area contributed by atoms with E-state index >= 15 is 0 Å². The summed E-state index contributed by atoms with van der Waals surface area (Å²) in [7, 11) is 0. The summed E-state index contributed by atoms with van der Waals surface area (Å²) in [6, 6.07) is 0. The maximum Gasteiger partial charge on any atom is 0.370 e. The highest BCUT2D eigenvalue weighted by molar-refractivity contribution is 5.83. The molecule has 0 aliphatic heterocycles. The number of allylic oxidation sites excluding steroid dienone is 1. The Labute approximate surface area is 85.4 Å². The average molecular weight is 200 g/mol. The molecule has 0 saturated carbocycles. The number of aliphatic carboxylic acids is 1. The van der Waals surface area contributed by atoms with Crippen molar-refractivity contribution >= 4 is 5.97 Å². The summed E-state index contributed by atoms with van der Waals surface area (Å²) in [6.07, 6.45) is 9.08. The molecule has 3 heteroatoms. The van der Waals surface area contributed by atoms with Crippen LogP contribution in [0, 0.1) is 0 Å². The molecule has 0 aromatic heterocycles. The van der Waals surface area contributed by atoms with Crippen LogP contribution in [-0.2, 0) is 4.79 Å². The summed E-state index contributed by atoms with van der Waals surface area (Å²) >= 11 is 0. The quantitative estimate of drug-likeness (QED) is 0.359. The lowest BCUT2D eigenvalue weighted by Gasteiger charge is -1.97.